The molecule has 5 heteroatoms. The van der Waals surface area contributed by atoms with Crippen molar-refractivity contribution in [3.8, 4) is 5.75 Å². The smallest absolute Gasteiger partial charge is 0.406 e. The first-order valence-electron chi connectivity index (χ1n) is 5.08. The molecule has 88 valence electrons. The summed E-state index contributed by atoms with van der Waals surface area (Å²) >= 11 is 0. The average Bonchev–Trinajstić information content (AvgIpc) is 2.17. The third-order valence-corrected chi connectivity index (χ3v) is 2.66. The van der Waals surface area contributed by atoms with Crippen molar-refractivity contribution >= 4 is 0 Å². The van der Waals surface area contributed by atoms with E-state index in [4.69, 9.17) is 0 Å². The van der Waals surface area contributed by atoms with Crippen LogP contribution in [0.4, 0.5) is 13.2 Å². The van der Waals surface area contributed by atoms with Crippen LogP contribution in [0.25, 0.3) is 0 Å². The van der Waals surface area contributed by atoms with Crippen molar-refractivity contribution in [2.45, 2.75) is 25.7 Å². The van der Waals surface area contributed by atoms with Crippen molar-refractivity contribution in [3.05, 3.63) is 29.3 Å². The van der Waals surface area contributed by atoms with Gasteiger partial charge in [-0.15, -0.1) is 13.2 Å². The molecule has 0 radical (unpaired) electrons. The van der Waals surface area contributed by atoms with Gasteiger partial charge in [0.2, 0.25) is 0 Å². The topological polar surface area (TPSA) is 21.3 Å². The monoisotopic (exact) mass is 231 g/mol. The number of ether oxygens (including phenoxy) is 1. The first kappa shape index (κ1) is 11.3. The third kappa shape index (κ3) is 2.47. The lowest BCUT2D eigenvalue weighted by Crippen LogP contribution is -2.28. The van der Waals surface area contributed by atoms with Gasteiger partial charge in [-0.1, -0.05) is 6.07 Å². The van der Waals surface area contributed by atoms with E-state index < -0.39 is 6.36 Å². The first-order chi connectivity index (χ1) is 7.46. The Morgan fingerprint density at radius 3 is 2.81 bits per heavy atom. The van der Waals surface area contributed by atoms with Crippen LogP contribution in [0.1, 0.15) is 24.1 Å². The molecule has 1 unspecified atom stereocenters. The lowest BCUT2D eigenvalue weighted by atomic mass is 9.95. The Hall–Kier alpha value is -1.23. The van der Waals surface area contributed by atoms with Gasteiger partial charge in [0, 0.05) is 6.04 Å². The van der Waals surface area contributed by atoms with E-state index in [2.05, 4.69) is 10.1 Å². The van der Waals surface area contributed by atoms with Gasteiger partial charge in [0.15, 0.2) is 0 Å². The Kier molecular flexibility index (Phi) is 2.80. The van der Waals surface area contributed by atoms with Crippen molar-refractivity contribution in [1.29, 1.82) is 0 Å². The van der Waals surface area contributed by atoms with E-state index in [0.717, 1.165) is 24.1 Å². The second-order valence-electron chi connectivity index (χ2n) is 3.83. The second kappa shape index (κ2) is 3.97. The van der Waals surface area contributed by atoms with Crippen LogP contribution in [0.3, 0.4) is 0 Å². The molecule has 1 heterocycles. The van der Waals surface area contributed by atoms with Gasteiger partial charge in [-0.2, -0.15) is 0 Å². The molecule has 0 fully saturated rings. The molecule has 1 aromatic rings. The van der Waals surface area contributed by atoms with E-state index in [1.807, 2.05) is 6.92 Å². The summed E-state index contributed by atoms with van der Waals surface area (Å²) in [7, 11) is 0. The van der Waals surface area contributed by atoms with Crippen LogP contribution in [0.5, 0.6) is 5.75 Å². The van der Waals surface area contributed by atoms with Crippen molar-refractivity contribution < 1.29 is 17.9 Å². The molecular formula is C11H12F3NO. The highest BCUT2D eigenvalue weighted by Crippen LogP contribution is 2.29. The number of rotatable bonds is 1. The number of hydrogen-bond acceptors (Lipinski definition) is 2. The van der Waals surface area contributed by atoms with Gasteiger partial charge >= 0.3 is 6.36 Å². The molecule has 2 rings (SSSR count). The fraction of sp³-hybridized carbons (Fsp3) is 0.455. The van der Waals surface area contributed by atoms with Crippen molar-refractivity contribution in [2.24, 2.45) is 0 Å². The van der Waals surface area contributed by atoms with E-state index in [1.54, 1.807) is 6.07 Å². The molecule has 1 atom stereocenters. The zero-order valence-corrected chi connectivity index (χ0v) is 8.77. The maximum atomic E-state index is 12.0. The average molecular weight is 231 g/mol. The van der Waals surface area contributed by atoms with Crippen molar-refractivity contribution in [3.63, 3.8) is 0 Å². The highest BCUT2D eigenvalue weighted by Gasteiger charge is 2.31. The Morgan fingerprint density at radius 1 is 1.38 bits per heavy atom. The summed E-state index contributed by atoms with van der Waals surface area (Å²) in [5.41, 5.74) is 1.97. The molecule has 0 aliphatic carbocycles. The maximum absolute atomic E-state index is 12.0. The summed E-state index contributed by atoms with van der Waals surface area (Å²) in [5, 5.41) is 3.19. The zero-order chi connectivity index (χ0) is 11.8. The minimum absolute atomic E-state index is 0.0699. The number of nitrogens with one attached hydrogen (secondary N) is 1. The second-order valence-corrected chi connectivity index (χ2v) is 3.83. The largest absolute Gasteiger partial charge is 0.573 e. The van der Waals surface area contributed by atoms with Gasteiger partial charge in [0.1, 0.15) is 5.75 Å². The molecule has 1 N–H and O–H groups in total. The Labute approximate surface area is 91.4 Å². The highest BCUT2D eigenvalue weighted by atomic mass is 19.4. The van der Waals surface area contributed by atoms with Gasteiger partial charge < -0.3 is 10.1 Å². The van der Waals surface area contributed by atoms with E-state index in [1.165, 1.54) is 12.1 Å². The van der Waals surface area contributed by atoms with Crippen LogP contribution in [0, 0.1) is 0 Å². The van der Waals surface area contributed by atoms with Crippen LogP contribution in [-0.4, -0.2) is 12.9 Å². The Bertz CT molecular complexity index is 389. The summed E-state index contributed by atoms with van der Waals surface area (Å²) in [6, 6.07) is 4.60. The minimum Gasteiger partial charge on any atom is -0.406 e. The van der Waals surface area contributed by atoms with Gasteiger partial charge in [-0.05, 0) is 43.1 Å². The fourth-order valence-electron chi connectivity index (χ4n) is 1.93. The summed E-state index contributed by atoms with van der Waals surface area (Å²) in [4.78, 5) is 0. The minimum atomic E-state index is -4.63. The molecule has 1 aliphatic rings. The SMILES string of the molecule is CC1NCCc2ccc(OC(F)(F)F)cc21. The normalized spacial score (nSPS) is 20.4. The number of halogens is 3. The predicted molar refractivity (Wildman–Crippen MR) is 53.2 cm³/mol. The van der Waals surface area contributed by atoms with Crippen molar-refractivity contribution in [1.82, 2.24) is 5.32 Å². The quantitative estimate of drug-likeness (QED) is 0.802. The summed E-state index contributed by atoms with van der Waals surface area (Å²) < 4.78 is 40.0. The molecule has 1 aromatic carbocycles. The number of hydrogen-bond donors (Lipinski definition) is 1. The van der Waals surface area contributed by atoms with E-state index in [9.17, 15) is 13.2 Å². The molecule has 0 saturated heterocycles. The van der Waals surface area contributed by atoms with Crippen LogP contribution in [0.2, 0.25) is 0 Å². The molecule has 2 nitrogen and oxygen atoms in total. The lowest BCUT2D eigenvalue weighted by molar-refractivity contribution is -0.274. The van der Waals surface area contributed by atoms with Crippen LogP contribution >= 0.6 is 0 Å². The summed E-state index contributed by atoms with van der Waals surface area (Å²) in [6.45, 7) is 2.78. The standard InChI is InChI=1S/C11H12F3NO/c1-7-10-6-9(16-11(12,13)14)3-2-8(10)4-5-15-7/h2-3,6-7,15H,4-5H2,1H3. The summed E-state index contributed by atoms with van der Waals surface area (Å²) in [6.07, 6.45) is -3.79. The maximum Gasteiger partial charge on any atom is 0.573 e. The molecule has 0 aromatic heterocycles. The van der Waals surface area contributed by atoms with Crippen LogP contribution in [-0.2, 0) is 6.42 Å². The molecule has 0 bridgehead atoms. The molecule has 0 spiro atoms. The molecule has 1 aliphatic heterocycles. The third-order valence-electron chi connectivity index (χ3n) is 2.66. The molecule has 16 heavy (non-hydrogen) atoms. The van der Waals surface area contributed by atoms with E-state index in [-0.39, 0.29) is 11.8 Å². The number of benzene rings is 1. The van der Waals surface area contributed by atoms with Crippen LogP contribution < -0.4 is 10.1 Å². The lowest BCUT2D eigenvalue weighted by Gasteiger charge is -2.24. The van der Waals surface area contributed by atoms with Gasteiger partial charge in [0.25, 0.3) is 0 Å². The zero-order valence-electron chi connectivity index (χ0n) is 8.77. The van der Waals surface area contributed by atoms with E-state index >= 15 is 0 Å². The van der Waals surface area contributed by atoms with E-state index in [0.29, 0.717) is 0 Å². The highest BCUT2D eigenvalue weighted by molar-refractivity contribution is 5.39. The molecule has 0 amide bonds. The summed E-state index contributed by atoms with van der Waals surface area (Å²) in [5.74, 6) is -0.151. The Balaban J connectivity index is 2.27. The fourth-order valence-corrected chi connectivity index (χ4v) is 1.93. The van der Waals surface area contributed by atoms with Gasteiger partial charge in [-0.25, -0.2) is 0 Å². The molecular weight excluding hydrogens is 219 g/mol. The van der Waals surface area contributed by atoms with Crippen LogP contribution in [0.15, 0.2) is 18.2 Å². The predicted octanol–water partition coefficient (Wildman–Crippen LogP) is 2.79. The van der Waals surface area contributed by atoms with Gasteiger partial charge in [0.05, 0.1) is 0 Å². The molecule has 0 saturated carbocycles. The Morgan fingerprint density at radius 2 is 2.12 bits per heavy atom. The number of fused-ring (bicyclic) bond motifs is 1. The first-order valence-corrected chi connectivity index (χ1v) is 5.08. The van der Waals surface area contributed by atoms with Gasteiger partial charge in [-0.3, -0.25) is 0 Å². The van der Waals surface area contributed by atoms with Crippen molar-refractivity contribution in [2.75, 3.05) is 6.54 Å². The number of alkyl halides is 3.